The van der Waals surface area contributed by atoms with Crippen LogP contribution in [-0.4, -0.2) is 65.0 Å². The topological polar surface area (TPSA) is 94.1 Å². The van der Waals surface area contributed by atoms with Crippen LogP contribution in [0.4, 0.5) is 15.3 Å². The van der Waals surface area contributed by atoms with Crippen LogP contribution in [0.3, 0.4) is 0 Å². The number of ether oxygens (including phenoxy) is 3. The Kier molecular flexibility index (Phi) is 6.64. The van der Waals surface area contributed by atoms with E-state index in [0.29, 0.717) is 24.4 Å². The zero-order valence-corrected chi connectivity index (χ0v) is 23.7. The van der Waals surface area contributed by atoms with E-state index < -0.39 is 23.4 Å². The monoisotopic (exact) mass is 532 g/mol. The van der Waals surface area contributed by atoms with Crippen molar-refractivity contribution >= 4 is 28.8 Å². The first-order chi connectivity index (χ1) is 18.4. The summed E-state index contributed by atoms with van der Waals surface area (Å²) >= 11 is 0. The standard InChI is InChI=1S/C30H36N4O5/c1-18-8-9-21(19(2)10-18)20(3)11-23-22-12-25(26(37-7)13-24(22)32-17-31-23)34-16-30(39-28(34)36)14-33(15-30)27(35)38-29(4,5)6/h8-10,12-13,17,20H,11,14-16H2,1-7H3. The number of carbonyl (C=O) groups excluding carboxylic acids is 2. The molecule has 0 N–H and O–H groups in total. The number of fused-ring (bicyclic) bond motifs is 1. The lowest BCUT2D eigenvalue weighted by atomic mass is 9.90. The van der Waals surface area contributed by atoms with Gasteiger partial charge >= 0.3 is 12.2 Å². The highest BCUT2D eigenvalue weighted by atomic mass is 16.6. The predicted octanol–water partition coefficient (Wildman–Crippen LogP) is 5.55. The highest BCUT2D eigenvalue weighted by molar-refractivity contribution is 5.97. The summed E-state index contributed by atoms with van der Waals surface area (Å²) in [7, 11) is 1.57. The van der Waals surface area contributed by atoms with Crippen LogP contribution in [0.25, 0.3) is 10.9 Å². The van der Waals surface area contributed by atoms with Gasteiger partial charge in [-0.2, -0.15) is 0 Å². The first kappa shape index (κ1) is 26.7. The van der Waals surface area contributed by atoms with Crippen molar-refractivity contribution < 1.29 is 23.8 Å². The summed E-state index contributed by atoms with van der Waals surface area (Å²) < 4.78 is 16.9. The molecule has 9 heteroatoms. The number of benzene rings is 2. The fraction of sp³-hybridized carbons (Fsp3) is 0.467. The van der Waals surface area contributed by atoms with E-state index in [1.807, 2.05) is 32.9 Å². The first-order valence-corrected chi connectivity index (χ1v) is 13.3. The van der Waals surface area contributed by atoms with E-state index in [9.17, 15) is 9.59 Å². The Morgan fingerprint density at radius 3 is 2.54 bits per heavy atom. The van der Waals surface area contributed by atoms with Crippen molar-refractivity contribution in [1.82, 2.24) is 14.9 Å². The third-order valence-electron chi connectivity index (χ3n) is 7.35. The van der Waals surface area contributed by atoms with Crippen LogP contribution in [0.15, 0.2) is 36.7 Å². The Hall–Kier alpha value is -3.88. The largest absolute Gasteiger partial charge is 0.494 e. The van der Waals surface area contributed by atoms with Crippen molar-refractivity contribution in [2.45, 2.75) is 65.1 Å². The number of rotatable bonds is 5. The highest BCUT2D eigenvalue weighted by Gasteiger charge is 2.56. The molecule has 1 atom stereocenters. The normalized spacial score (nSPS) is 17.3. The Bertz CT molecular complexity index is 1440. The number of amides is 2. The number of methoxy groups -OCH3 is 1. The maximum Gasteiger partial charge on any atom is 0.415 e. The summed E-state index contributed by atoms with van der Waals surface area (Å²) in [6.07, 6.45) is 1.40. The van der Waals surface area contributed by atoms with Gasteiger partial charge in [0.2, 0.25) is 0 Å². The van der Waals surface area contributed by atoms with E-state index in [0.717, 1.165) is 16.6 Å². The Morgan fingerprint density at radius 2 is 1.87 bits per heavy atom. The molecule has 0 saturated carbocycles. The number of carbonyl (C=O) groups is 2. The minimum atomic E-state index is -0.776. The van der Waals surface area contributed by atoms with Crippen molar-refractivity contribution in [2.75, 3.05) is 31.6 Å². The van der Waals surface area contributed by atoms with E-state index in [-0.39, 0.29) is 19.0 Å². The average molecular weight is 533 g/mol. The van der Waals surface area contributed by atoms with Crippen LogP contribution in [0.1, 0.15) is 56.0 Å². The van der Waals surface area contributed by atoms with Crippen LogP contribution in [0.2, 0.25) is 0 Å². The van der Waals surface area contributed by atoms with Gasteiger partial charge in [-0.3, -0.25) is 9.80 Å². The lowest BCUT2D eigenvalue weighted by Gasteiger charge is -2.45. The minimum Gasteiger partial charge on any atom is -0.494 e. The van der Waals surface area contributed by atoms with Crippen LogP contribution < -0.4 is 9.64 Å². The van der Waals surface area contributed by atoms with Crippen LogP contribution in [0.5, 0.6) is 5.75 Å². The van der Waals surface area contributed by atoms with E-state index in [4.69, 9.17) is 14.2 Å². The van der Waals surface area contributed by atoms with E-state index in [1.165, 1.54) is 16.7 Å². The van der Waals surface area contributed by atoms with E-state index >= 15 is 0 Å². The molecule has 2 saturated heterocycles. The predicted molar refractivity (Wildman–Crippen MR) is 148 cm³/mol. The van der Waals surface area contributed by atoms with Crippen molar-refractivity contribution in [1.29, 1.82) is 0 Å². The van der Waals surface area contributed by atoms with Crippen molar-refractivity contribution in [3.8, 4) is 5.75 Å². The molecule has 0 radical (unpaired) electrons. The fourth-order valence-corrected chi connectivity index (χ4v) is 5.52. The Balaban J connectivity index is 1.41. The molecule has 1 unspecified atom stereocenters. The SMILES string of the molecule is COc1cc2ncnc(CC(C)c3ccc(C)cc3C)c2cc1N1CC2(CN(C(=O)OC(C)(C)C)C2)OC1=O. The number of aryl methyl sites for hydroxylation is 2. The molecule has 206 valence electrons. The summed E-state index contributed by atoms with van der Waals surface area (Å²) in [6, 6.07) is 10.3. The van der Waals surface area contributed by atoms with Crippen LogP contribution >= 0.6 is 0 Å². The molecule has 1 spiro atoms. The maximum atomic E-state index is 13.1. The van der Waals surface area contributed by atoms with Gasteiger partial charge in [0.05, 0.1) is 43.6 Å². The minimum absolute atomic E-state index is 0.239. The maximum absolute atomic E-state index is 13.1. The average Bonchev–Trinajstić information content (AvgIpc) is 3.18. The van der Waals surface area contributed by atoms with Gasteiger partial charge < -0.3 is 14.2 Å². The number of hydrogen-bond acceptors (Lipinski definition) is 7. The number of hydrogen-bond donors (Lipinski definition) is 0. The second-order valence-electron chi connectivity index (χ2n) is 11.8. The van der Waals surface area contributed by atoms with Gasteiger partial charge in [0, 0.05) is 11.5 Å². The Labute approximate surface area is 229 Å². The molecule has 39 heavy (non-hydrogen) atoms. The molecular formula is C30H36N4O5. The van der Waals surface area contributed by atoms with Crippen molar-refractivity contribution in [2.24, 2.45) is 0 Å². The van der Waals surface area contributed by atoms with Gasteiger partial charge in [0.15, 0.2) is 5.60 Å². The van der Waals surface area contributed by atoms with Crippen LogP contribution in [0, 0.1) is 13.8 Å². The lowest BCUT2D eigenvalue weighted by Crippen LogP contribution is -2.66. The van der Waals surface area contributed by atoms with Gasteiger partial charge in [-0.1, -0.05) is 30.7 Å². The smallest absolute Gasteiger partial charge is 0.415 e. The van der Waals surface area contributed by atoms with Crippen molar-refractivity contribution in [3.05, 3.63) is 59.0 Å². The van der Waals surface area contributed by atoms with E-state index in [1.54, 1.807) is 23.2 Å². The molecule has 9 nitrogen and oxygen atoms in total. The summed E-state index contributed by atoms with van der Waals surface area (Å²) in [5.41, 5.74) is 4.66. The molecule has 2 aliphatic rings. The molecule has 1 aromatic heterocycles. The van der Waals surface area contributed by atoms with Gasteiger partial charge in [0.25, 0.3) is 0 Å². The summed E-state index contributed by atoms with van der Waals surface area (Å²) in [5.74, 6) is 0.759. The fourth-order valence-electron chi connectivity index (χ4n) is 5.52. The molecule has 3 aromatic rings. The number of nitrogens with zero attached hydrogens (tertiary/aromatic N) is 4. The third-order valence-corrected chi connectivity index (χ3v) is 7.35. The molecule has 0 bridgehead atoms. The summed E-state index contributed by atoms with van der Waals surface area (Å²) in [6.45, 7) is 12.8. The van der Waals surface area contributed by atoms with E-state index in [2.05, 4.69) is 48.9 Å². The molecule has 2 fully saturated rings. The summed E-state index contributed by atoms with van der Waals surface area (Å²) in [4.78, 5) is 37.8. The van der Waals surface area contributed by atoms with Gasteiger partial charge in [-0.15, -0.1) is 0 Å². The zero-order valence-electron chi connectivity index (χ0n) is 23.7. The molecular weight excluding hydrogens is 496 g/mol. The molecule has 2 aromatic carbocycles. The second kappa shape index (κ2) is 9.70. The first-order valence-electron chi connectivity index (χ1n) is 13.3. The van der Waals surface area contributed by atoms with Gasteiger partial charge in [0.1, 0.15) is 17.7 Å². The van der Waals surface area contributed by atoms with Gasteiger partial charge in [-0.05, 0) is 64.2 Å². The second-order valence-corrected chi connectivity index (χ2v) is 11.8. The van der Waals surface area contributed by atoms with Gasteiger partial charge in [-0.25, -0.2) is 19.6 Å². The molecule has 3 heterocycles. The highest BCUT2D eigenvalue weighted by Crippen LogP contribution is 2.41. The number of anilines is 1. The number of likely N-dealkylation sites (tertiary alicyclic amines) is 1. The van der Waals surface area contributed by atoms with Crippen molar-refractivity contribution in [3.63, 3.8) is 0 Å². The molecule has 2 aliphatic heterocycles. The Morgan fingerprint density at radius 1 is 1.13 bits per heavy atom. The molecule has 5 rings (SSSR count). The lowest BCUT2D eigenvalue weighted by molar-refractivity contribution is -0.0779. The molecule has 2 amide bonds. The van der Waals surface area contributed by atoms with Crippen LogP contribution in [-0.2, 0) is 15.9 Å². The molecule has 0 aliphatic carbocycles. The zero-order chi connectivity index (χ0) is 28.1. The third kappa shape index (κ3) is 5.22. The quantitative estimate of drug-likeness (QED) is 0.425. The number of aromatic nitrogens is 2. The summed E-state index contributed by atoms with van der Waals surface area (Å²) in [5, 5.41) is 0.864.